The van der Waals surface area contributed by atoms with Crippen molar-refractivity contribution in [3.63, 3.8) is 0 Å². The van der Waals surface area contributed by atoms with Gasteiger partial charge < -0.3 is 4.98 Å². The van der Waals surface area contributed by atoms with Crippen molar-refractivity contribution < 1.29 is 0 Å². The molecule has 0 saturated carbocycles. The van der Waals surface area contributed by atoms with Crippen LogP contribution in [0.1, 0.15) is 16.8 Å². The molecule has 0 aliphatic carbocycles. The van der Waals surface area contributed by atoms with E-state index in [1.807, 2.05) is 6.20 Å². The second-order valence-electron chi connectivity index (χ2n) is 4.44. The van der Waals surface area contributed by atoms with E-state index in [0.29, 0.717) is 0 Å². The largest absolute Gasteiger partial charge is 0.365 e. The third-order valence-electron chi connectivity index (χ3n) is 3.33. The molecule has 1 N–H and O–H groups in total. The molecule has 0 bridgehead atoms. The van der Waals surface area contributed by atoms with Gasteiger partial charge in [-0.15, -0.1) is 0 Å². The first-order chi connectivity index (χ1) is 8.34. The van der Waals surface area contributed by atoms with E-state index in [0.717, 1.165) is 6.42 Å². The summed E-state index contributed by atoms with van der Waals surface area (Å²) in [5.41, 5.74) is 4.03. The average Bonchev–Trinajstić information content (AvgIpc) is 2.76. The number of hydrogen-bond donors (Lipinski definition) is 1. The zero-order valence-electron chi connectivity index (χ0n) is 9.90. The molecule has 0 atom stereocenters. The fraction of sp³-hybridized carbons (Fsp3) is 0.125. The Balaban J connectivity index is 2.09. The third kappa shape index (κ3) is 1.84. The van der Waals surface area contributed by atoms with Crippen molar-refractivity contribution in [2.45, 2.75) is 13.3 Å². The quantitative estimate of drug-likeness (QED) is 0.671. The maximum absolute atomic E-state index is 3.24. The Morgan fingerprint density at radius 3 is 2.53 bits per heavy atom. The average molecular weight is 221 g/mol. The molecular formula is C16H15N. The van der Waals surface area contributed by atoms with Crippen LogP contribution >= 0.6 is 0 Å². The number of aromatic nitrogens is 1. The van der Waals surface area contributed by atoms with Gasteiger partial charge in [0.15, 0.2) is 0 Å². The van der Waals surface area contributed by atoms with Gasteiger partial charge in [0.2, 0.25) is 0 Å². The predicted molar refractivity (Wildman–Crippen MR) is 72.3 cm³/mol. The molecule has 1 heteroatoms. The van der Waals surface area contributed by atoms with Crippen molar-refractivity contribution in [2.75, 3.05) is 0 Å². The number of H-pyrrole nitrogens is 1. The molecule has 0 unspecified atom stereocenters. The molecular weight excluding hydrogens is 206 g/mol. The van der Waals surface area contributed by atoms with Crippen LogP contribution in [0.5, 0.6) is 0 Å². The topological polar surface area (TPSA) is 15.8 Å². The van der Waals surface area contributed by atoms with Crippen molar-refractivity contribution in [3.8, 4) is 0 Å². The highest BCUT2D eigenvalue weighted by Gasteiger charge is 2.04. The normalized spacial score (nSPS) is 10.9. The highest BCUT2D eigenvalue weighted by molar-refractivity contribution is 5.85. The molecule has 84 valence electrons. The van der Waals surface area contributed by atoms with Crippen LogP contribution in [0.4, 0.5) is 0 Å². The molecule has 2 aromatic carbocycles. The van der Waals surface area contributed by atoms with Crippen LogP contribution in [-0.4, -0.2) is 4.98 Å². The first-order valence-corrected chi connectivity index (χ1v) is 5.94. The van der Waals surface area contributed by atoms with E-state index in [1.54, 1.807) is 0 Å². The van der Waals surface area contributed by atoms with E-state index < -0.39 is 0 Å². The molecule has 0 spiro atoms. The standard InChI is InChI=1S/C16H15N/c1-12-14(9-10-17-12)11-15-7-4-6-13-5-2-3-8-16(13)15/h2-10,17H,11H2,1H3. The number of benzene rings is 2. The number of rotatable bonds is 2. The molecule has 1 aromatic heterocycles. The molecule has 0 amide bonds. The fourth-order valence-corrected chi connectivity index (χ4v) is 2.33. The van der Waals surface area contributed by atoms with Crippen LogP contribution in [0, 0.1) is 6.92 Å². The van der Waals surface area contributed by atoms with Crippen molar-refractivity contribution in [2.24, 2.45) is 0 Å². The Morgan fingerprint density at radius 1 is 0.882 bits per heavy atom. The van der Waals surface area contributed by atoms with Gasteiger partial charge in [0, 0.05) is 11.9 Å². The fourth-order valence-electron chi connectivity index (χ4n) is 2.33. The summed E-state index contributed by atoms with van der Waals surface area (Å²) in [6, 6.07) is 17.3. The molecule has 17 heavy (non-hydrogen) atoms. The minimum atomic E-state index is 0.997. The molecule has 1 heterocycles. The molecule has 1 nitrogen and oxygen atoms in total. The lowest BCUT2D eigenvalue weighted by molar-refractivity contribution is 1.15. The van der Waals surface area contributed by atoms with Gasteiger partial charge in [-0.1, -0.05) is 42.5 Å². The van der Waals surface area contributed by atoms with Gasteiger partial charge in [-0.25, -0.2) is 0 Å². The molecule has 0 saturated heterocycles. The van der Waals surface area contributed by atoms with E-state index in [4.69, 9.17) is 0 Å². The monoisotopic (exact) mass is 221 g/mol. The number of aryl methyl sites for hydroxylation is 1. The number of hydrogen-bond acceptors (Lipinski definition) is 0. The minimum Gasteiger partial charge on any atom is -0.365 e. The highest BCUT2D eigenvalue weighted by Crippen LogP contribution is 2.22. The summed E-state index contributed by atoms with van der Waals surface area (Å²) in [4.78, 5) is 3.24. The summed E-state index contributed by atoms with van der Waals surface area (Å²) >= 11 is 0. The molecule has 0 aliphatic rings. The van der Waals surface area contributed by atoms with E-state index in [-0.39, 0.29) is 0 Å². The van der Waals surface area contributed by atoms with Crippen LogP contribution < -0.4 is 0 Å². The van der Waals surface area contributed by atoms with Crippen LogP contribution in [-0.2, 0) is 6.42 Å². The SMILES string of the molecule is Cc1[nH]ccc1Cc1cccc2ccccc12. The maximum atomic E-state index is 3.24. The Labute approximate surface area is 101 Å². The lowest BCUT2D eigenvalue weighted by atomic mass is 9.99. The Morgan fingerprint density at radius 2 is 1.71 bits per heavy atom. The maximum Gasteiger partial charge on any atom is 0.0151 e. The lowest BCUT2D eigenvalue weighted by Gasteiger charge is -2.06. The van der Waals surface area contributed by atoms with Gasteiger partial charge in [-0.3, -0.25) is 0 Å². The Bertz CT molecular complexity index is 644. The summed E-state index contributed by atoms with van der Waals surface area (Å²) in [6.45, 7) is 2.13. The van der Waals surface area contributed by atoms with Crippen LogP contribution in [0.15, 0.2) is 54.7 Å². The van der Waals surface area contributed by atoms with Crippen molar-refractivity contribution in [1.29, 1.82) is 0 Å². The van der Waals surface area contributed by atoms with Gasteiger partial charge in [-0.05, 0) is 41.3 Å². The first-order valence-electron chi connectivity index (χ1n) is 5.94. The van der Waals surface area contributed by atoms with Gasteiger partial charge in [0.05, 0.1) is 0 Å². The van der Waals surface area contributed by atoms with Gasteiger partial charge >= 0.3 is 0 Å². The van der Waals surface area contributed by atoms with E-state index >= 15 is 0 Å². The van der Waals surface area contributed by atoms with E-state index in [1.165, 1.54) is 27.6 Å². The molecule has 3 rings (SSSR count). The highest BCUT2D eigenvalue weighted by atomic mass is 14.7. The van der Waals surface area contributed by atoms with Crippen molar-refractivity contribution in [3.05, 3.63) is 71.5 Å². The smallest absolute Gasteiger partial charge is 0.0151 e. The van der Waals surface area contributed by atoms with Crippen LogP contribution in [0.25, 0.3) is 10.8 Å². The van der Waals surface area contributed by atoms with Gasteiger partial charge in [-0.2, -0.15) is 0 Å². The molecule has 0 radical (unpaired) electrons. The molecule has 3 aromatic rings. The van der Waals surface area contributed by atoms with Gasteiger partial charge in [0.25, 0.3) is 0 Å². The molecule has 0 aliphatic heterocycles. The van der Waals surface area contributed by atoms with Crippen LogP contribution in [0.3, 0.4) is 0 Å². The third-order valence-corrected chi connectivity index (χ3v) is 3.33. The zero-order chi connectivity index (χ0) is 11.7. The Hall–Kier alpha value is -2.02. The lowest BCUT2D eigenvalue weighted by Crippen LogP contribution is -1.90. The van der Waals surface area contributed by atoms with E-state index in [2.05, 4.69) is 60.4 Å². The number of nitrogens with one attached hydrogen (secondary N) is 1. The summed E-state index contributed by atoms with van der Waals surface area (Å²) in [5.74, 6) is 0. The summed E-state index contributed by atoms with van der Waals surface area (Å²) in [5, 5.41) is 2.67. The first kappa shape index (κ1) is 10.2. The number of fused-ring (bicyclic) bond motifs is 1. The second-order valence-corrected chi connectivity index (χ2v) is 4.44. The minimum absolute atomic E-state index is 0.997. The summed E-state index contributed by atoms with van der Waals surface area (Å²) in [6.07, 6.45) is 3.01. The summed E-state index contributed by atoms with van der Waals surface area (Å²) < 4.78 is 0. The Kier molecular flexibility index (Phi) is 2.45. The van der Waals surface area contributed by atoms with Crippen LogP contribution in [0.2, 0.25) is 0 Å². The van der Waals surface area contributed by atoms with Crippen molar-refractivity contribution >= 4 is 10.8 Å². The van der Waals surface area contributed by atoms with Gasteiger partial charge in [0.1, 0.15) is 0 Å². The molecule has 0 fully saturated rings. The second kappa shape index (κ2) is 4.10. The van der Waals surface area contributed by atoms with E-state index in [9.17, 15) is 0 Å². The zero-order valence-corrected chi connectivity index (χ0v) is 9.90. The van der Waals surface area contributed by atoms with Crippen molar-refractivity contribution in [1.82, 2.24) is 4.98 Å². The summed E-state index contributed by atoms with van der Waals surface area (Å²) in [7, 11) is 0. The predicted octanol–water partition coefficient (Wildman–Crippen LogP) is 4.07. The number of aromatic amines is 1.